The Morgan fingerprint density at radius 1 is 1.29 bits per heavy atom. The summed E-state index contributed by atoms with van der Waals surface area (Å²) >= 11 is 0. The monoisotopic (exact) mass is 240 g/mol. The minimum atomic E-state index is -0.152. The molecule has 1 fully saturated rings. The third-order valence-corrected chi connectivity index (χ3v) is 5.18. The second-order valence-corrected chi connectivity index (χ2v) is 6.82. The molecule has 1 atom stereocenters. The van der Waals surface area contributed by atoms with Crippen molar-refractivity contribution >= 4 is 5.91 Å². The van der Waals surface area contributed by atoms with Crippen LogP contribution >= 0.6 is 0 Å². The van der Waals surface area contributed by atoms with E-state index in [1.165, 1.54) is 0 Å². The van der Waals surface area contributed by atoms with E-state index in [9.17, 15) is 4.79 Å². The molecule has 3 N–H and O–H groups in total. The van der Waals surface area contributed by atoms with Gasteiger partial charge in [0.05, 0.1) is 0 Å². The molecule has 0 saturated heterocycles. The standard InChI is InChI=1S/C14H28N2O/c1-7-14(6,8-9-15)16-11(17)10-12(2,3)13(10,4)5/h10H,7-9,15H2,1-6H3,(H,16,17). The summed E-state index contributed by atoms with van der Waals surface area (Å²) in [7, 11) is 0. The summed E-state index contributed by atoms with van der Waals surface area (Å²) in [6, 6.07) is 0. The summed E-state index contributed by atoms with van der Waals surface area (Å²) in [4.78, 5) is 12.3. The van der Waals surface area contributed by atoms with Gasteiger partial charge in [-0.3, -0.25) is 4.79 Å². The SMILES string of the molecule is CCC(C)(CCN)NC(=O)C1C(C)(C)C1(C)C. The highest BCUT2D eigenvalue weighted by molar-refractivity contribution is 5.84. The van der Waals surface area contributed by atoms with Crippen molar-refractivity contribution in [3.05, 3.63) is 0 Å². The Kier molecular flexibility index (Phi) is 3.64. The van der Waals surface area contributed by atoms with Gasteiger partial charge in [0.1, 0.15) is 0 Å². The second kappa shape index (κ2) is 4.27. The van der Waals surface area contributed by atoms with Crippen LogP contribution in [-0.4, -0.2) is 18.0 Å². The number of carbonyl (C=O) groups excluding carboxylic acids is 1. The fourth-order valence-corrected chi connectivity index (χ4v) is 2.87. The lowest BCUT2D eigenvalue weighted by molar-refractivity contribution is -0.125. The summed E-state index contributed by atoms with van der Waals surface area (Å²) in [6.45, 7) is 13.5. The zero-order valence-corrected chi connectivity index (χ0v) is 12.2. The molecule has 3 heteroatoms. The van der Waals surface area contributed by atoms with Crippen molar-refractivity contribution < 1.29 is 4.79 Å². The fraction of sp³-hybridized carbons (Fsp3) is 0.929. The first kappa shape index (κ1) is 14.5. The lowest BCUT2D eigenvalue weighted by Crippen LogP contribution is -2.48. The normalized spacial score (nSPS) is 25.1. The molecular weight excluding hydrogens is 212 g/mol. The molecule has 1 rings (SSSR count). The van der Waals surface area contributed by atoms with Crippen molar-refractivity contribution in [2.75, 3.05) is 6.54 Å². The Hall–Kier alpha value is -0.570. The molecule has 1 amide bonds. The number of hydrogen-bond acceptors (Lipinski definition) is 2. The fourth-order valence-electron chi connectivity index (χ4n) is 2.87. The smallest absolute Gasteiger partial charge is 0.224 e. The van der Waals surface area contributed by atoms with Crippen LogP contribution in [0.15, 0.2) is 0 Å². The Morgan fingerprint density at radius 3 is 2.06 bits per heavy atom. The summed E-state index contributed by atoms with van der Waals surface area (Å²) in [6.07, 6.45) is 1.76. The quantitative estimate of drug-likeness (QED) is 0.774. The second-order valence-electron chi connectivity index (χ2n) is 6.82. The first-order valence-electron chi connectivity index (χ1n) is 6.64. The molecule has 100 valence electrons. The Bertz CT molecular complexity index is 295. The zero-order valence-electron chi connectivity index (χ0n) is 12.2. The first-order valence-corrected chi connectivity index (χ1v) is 6.64. The first-order chi connectivity index (χ1) is 7.62. The van der Waals surface area contributed by atoms with Gasteiger partial charge in [-0.25, -0.2) is 0 Å². The average molecular weight is 240 g/mol. The van der Waals surface area contributed by atoms with Crippen molar-refractivity contribution in [3.63, 3.8) is 0 Å². The average Bonchev–Trinajstić information content (AvgIpc) is 2.57. The number of nitrogens with two attached hydrogens (primary N) is 1. The van der Waals surface area contributed by atoms with Crippen molar-refractivity contribution in [1.82, 2.24) is 5.32 Å². The third kappa shape index (κ3) is 2.35. The Balaban J connectivity index is 2.69. The van der Waals surface area contributed by atoms with Crippen LogP contribution in [0.2, 0.25) is 0 Å². The van der Waals surface area contributed by atoms with Crippen LogP contribution in [0, 0.1) is 16.7 Å². The van der Waals surface area contributed by atoms with Crippen LogP contribution in [0.3, 0.4) is 0 Å². The molecule has 0 aromatic heterocycles. The summed E-state index contributed by atoms with van der Waals surface area (Å²) < 4.78 is 0. The van der Waals surface area contributed by atoms with Gasteiger partial charge in [-0.05, 0) is 37.1 Å². The number of amides is 1. The minimum absolute atomic E-state index is 0.106. The molecule has 17 heavy (non-hydrogen) atoms. The van der Waals surface area contributed by atoms with E-state index in [1.807, 2.05) is 0 Å². The van der Waals surface area contributed by atoms with Gasteiger partial charge in [0.15, 0.2) is 0 Å². The van der Waals surface area contributed by atoms with E-state index in [0.29, 0.717) is 6.54 Å². The maximum Gasteiger partial charge on any atom is 0.224 e. The minimum Gasteiger partial charge on any atom is -0.351 e. The number of hydrogen-bond donors (Lipinski definition) is 2. The highest BCUT2D eigenvalue weighted by Crippen LogP contribution is 2.68. The van der Waals surface area contributed by atoms with Gasteiger partial charge in [-0.1, -0.05) is 34.6 Å². The van der Waals surface area contributed by atoms with E-state index < -0.39 is 0 Å². The van der Waals surface area contributed by atoms with Gasteiger partial charge in [0.2, 0.25) is 5.91 Å². The van der Waals surface area contributed by atoms with Crippen molar-refractivity contribution in [3.8, 4) is 0 Å². The van der Waals surface area contributed by atoms with Crippen molar-refractivity contribution in [2.45, 2.75) is 59.9 Å². The summed E-state index contributed by atoms with van der Waals surface area (Å²) in [5, 5.41) is 3.20. The molecular formula is C14H28N2O. The predicted molar refractivity (Wildman–Crippen MR) is 71.6 cm³/mol. The maximum atomic E-state index is 12.3. The molecule has 0 radical (unpaired) electrons. The molecule has 0 aliphatic heterocycles. The highest BCUT2D eigenvalue weighted by atomic mass is 16.2. The van der Waals surface area contributed by atoms with Crippen molar-refractivity contribution in [1.29, 1.82) is 0 Å². The highest BCUT2D eigenvalue weighted by Gasteiger charge is 2.68. The molecule has 1 aliphatic carbocycles. The maximum absolute atomic E-state index is 12.3. The number of carbonyl (C=O) groups is 1. The van der Waals surface area contributed by atoms with E-state index >= 15 is 0 Å². The molecule has 3 nitrogen and oxygen atoms in total. The molecule has 0 aromatic carbocycles. The van der Waals surface area contributed by atoms with E-state index in [4.69, 9.17) is 5.73 Å². The Labute approximate surface area is 106 Å². The topological polar surface area (TPSA) is 55.1 Å². The lowest BCUT2D eigenvalue weighted by Gasteiger charge is -2.29. The summed E-state index contributed by atoms with van der Waals surface area (Å²) in [5.74, 6) is 0.316. The Morgan fingerprint density at radius 2 is 1.76 bits per heavy atom. The van der Waals surface area contributed by atoms with Crippen LogP contribution < -0.4 is 11.1 Å². The molecule has 0 aromatic rings. The van der Waals surface area contributed by atoms with E-state index in [2.05, 4.69) is 46.9 Å². The zero-order chi connectivity index (χ0) is 13.5. The van der Waals surface area contributed by atoms with Gasteiger partial charge in [0, 0.05) is 11.5 Å². The molecule has 0 heterocycles. The van der Waals surface area contributed by atoms with Gasteiger partial charge < -0.3 is 11.1 Å². The molecule has 1 unspecified atom stereocenters. The van der Waals surface area contributed by atoms with Crippen molar-refractivity contribution in [2.24, 2.45) is 22.5 Å². The van der Waals surface area contributed by atoms with Gasteiger partial charge in [0.25, 0.3) is 0 Å². The van der Waals surface area contributed by atoms with Crippen LogP contribution in [0.4, 0.5) is 0 Å². The molecule has 0 bridgehead atoms. The predicted octanol–water partition coefficient (Wildman–Crippen LogP) is 2.30. The van der Waals surface area contributed by atoms with Gasteiger partial charge in [-0.2, -0.15) is 0 Å². The van der Waals surface area contributed by atoms with E-state index in [-0.39, 0.29) is 28.2 Å². The van der Waals surface area contributed by atoms with Crippen LogP contribution in [0.1, 0.15) is 54.4 Å². The van der Waals surface area contributed by atoms with E-state index in [0.717, 1.165) is 12.8 Å². The number of nitrogens with one attached hydrogen (secondary N) is 1. The van der Waals surface area contributed by atoms with Crippen LogP contribution in [0.25, 0.3) is 0 Å². The molecule has 1 saturated carbocycles. The number of rotatable bonds is 5. The molecule has 1 aliphatic rings. The third-order valence-electron chi connectivity index (χ3n) is 5.18. The van der Waals surface area contributed by atoms with Crippen LogP contribution in [-0.2, 0) is 4.79 Å². The van der Waals surface area contributed by atoms with Crippen LogP contribution in [0.5, 0.6) is 0 Å². The lowest BCUT2D eigenvalue weighted by atomic mass is 9.94. The van der Waals surface area contributed by atoms with Gasteiger partial charge >= 0.3 is 0 Å². The largest absolute Gasteiger partial charge is 0.351 e. The molecule has 0 spiro atoms. The van der Waals surface area contributed by atoms with Gasteiger partial charge in [-0.15, -0.1) is 0 Å². The summed E-state index contributed by atoms with van der Waals surface area (Å²) in [5.41, 5.74) is 5.67. The van der Waals surface area contributed by atoms with E-state index in [1.54, 1.807) is 0 Å².